The van der Waals surface area contributed by atoms with Crippen LogP contribution in [0.15, 0.2) is 20.4 Å². The van der Waals surface area contributed by atoms with Crippen LogP contribution in [0.2, 0.25) is 5.02 Å². The fraction of sp³-hybridized carbons (Fsp3) is 0. The highest BCUT2D eigenvalue weighted by atomic mass is 35.5. The van der Waals surface area contributed by atoms with Crippen LogP contribution >= 0.6 is 11.6 Å². The Balaban J connectivity index is 3.18. The smallest absolute Gasteiger partial charge is 0.287 e. The molecule has 3 N–H and O–H groups in total. The number of hydrogen-bond acceptors (Lipinski definition) is 3. The van der Waals surface area contributed by atoms with E-state index in [9.17, 15) is 14.4 Å². The second kappa shape index (κ2) is 2.85. The molecule has 2 heterocycles. The summed E-state index contributed by atoms with van der Waals surface area (Å²) < 4.78 is 0. The fourth-order valence-corrected chi connectivity index (χ4v) is 1.26. The van der Waals surface area contributed by atoms with Gasteiger partial charge in [-0.05, 0) is 6.07 Å². The van der Waals surface area contributed by atoms with Crippen LogP contribution in [0.5, 0.6) is 0 Å². The van der Waals surface area contributed by atoms with Crippen LogP contribution in [0.1, 0.15) is 0 Å². The van der Waals surface area contributed by atoms with Crippen molar-refractivity contribution in [3.8, 4) is 0 Å². The lowest BCUT2D eigenvalue weighted by atomic mass is 10.3. The molecule has 0 saturated carbocycles. The molecule has 7 heteroatoms. The van der Waals surface area contributed by atoms with E-state index >= 15 is 0 Å². The van der Waals surface area contributed by atoms with Crippen LogP contribution in [-0.4, -0.2) is 15.2 Å². The maximum atomic E-state index is 11.2. The predicted molar refractivity (Wildman–Crippen MR) is 50.8 cm³/mol. The van der Waals surface area contributed by atoms with E-state index in [1.807, 2.05) is 0 Å². The number of aromatic amines is 3. The van der Waals surface area contributed by atoms with Crippen molar-refractivity contribution in [2.45, 2.75) is 0 Å². The molecule has 0 aromatic carbocycles. The summed E-state index contributed by atoms with van der Waals surface area (Å²) in [5.74, 6) is 0. The van der Waals surface area contributed by atoms with E-state index in [1.54, 1.807) is 0 Å². The highest BCUT2D eigenvalue weighted by molar-refractivity contribution is 6.30. The Morgan fingerprint density at radius 2 is 1.64 bits per heavy atom. The number of rotatable bonds is 0. The van der Waals surface area contributed by atoms with Gasteiger partial charge < -0.3 is 4.98 Å². The number of pyridine rings is 1. The molecule has 0 radical (unpaired) electrons. The Morgan fingerprint density at radius 3 is 2.36 bits per heavy atom. The first-order chi connectivity index (χ1) is 6.59. The zero-order valence-electron chi connectivity index (χ0n) is 6.68. The maximum Gasteiger partial charge on any atom is 0.287 e. The summed E-state index contributed by atoms with van der Waals surface area (Å²) in [5.41, 5.74) is -1.77. The lowest BCUT2D eigenvalue weighted by molar-refractivity contribution is 0.967. The highest BCUT2D eigenvalue weighted by Crippen LogP contribution is 2.04. The number of nitrogens with one attached hydrogen (secondary N) is 3. The normalized spacial score (nSPS) is 10.6. The molecule has 72 valence electrons. The second-order valence-electron chi connectivity index (χ2n) is 2.64. The van der Waals surface area contributed by atoms with E-state index in [0.717, 1.165) is 6.07 Å². The topological polar surface area (TPSA) is 98.6 Å². The van der Waals surface area contributed by atoms with Gasteiger partial charge in [0.05, 0.1) is 5.39 Å². The van der Waals surface area contributed by atoms with E-state index in [2.05, 4.69) is 15.2 Å². The molecular formula is C7H4ClN3O3. The monoisotopic (exact) mass is 213 g/mol. The third-order valence-corrected chi connectivity index (χ3v) is 2.04. The van der Waals surface area contributed by atoms with Crippen LogP contribution in [0, 0.1) is 0 Å². The summed E-state index contributed by atoms with van der Waals surface area (Å²) in [6, 6.07) is 1.16. The van der Waals surface area contributed by atoms with Gasteiger partial charge >= 0.3 is 0 Å². The Bertz CT molecular complexity index is 666. The summed E-state index contributed by atoms with van der Waals surface area (Å²) in [6.45, 7) is 0. The standard InChI is InChI=1S/C7H4ClN3O3/c8-3-1-2-4(9-6(3)13)7(14)11-10-5(2)12/h1H,(H,9,13)(H,10,12)(H,11,14). The number of aromatic nitrogens is 3. The molecule has 0 atom stereocenters. The zero-order valence-corrected chi connectivity index (χ0v) is 7.44. The molecule has 0 aliphatic heterocycles. The van der Waals surface area contributed by atoms with Crippen LogP contribution < -0.4 is 16.7 Å². The number of hydrogen-bond donors (Lipinski definition) is 3. The minimum Gasteiger partial charge on any atom is -0.316 e. The van der Waals surface area contributed by atoms with Crippen molar-refractivity contribution < 1.29 is 0 Å². The van der Waals surface area contributed by atoms with E-state index in [4.69, 9.17) is 11.6 Å². The Labute approximate surface area is 80.5 Å². The molecule has 0 aliphatic rings. The van der Waals surface area contributed by atoms with Gasteiger partial charge in [-0.15, -0.1) is 0 Å². The lowest BCUT2D eigenvalue weighted by Crippen LogP contribution is -2.23. The summed E-state index contributed by atoms with van der Waals surface area (Å²) in [7, 11) is 0. The van der Waals surface area contributed by atoms with Crippen molar-refractivity contribution >= 4 is 22.5 Å². The van der Waals surface area contributed by atoms with Crippen molar-refractivity contribution in [3.05, 3.63) is 42.2 Å². The number of halogens is 1. The SMILES string of the molecule is O=c1[nH]c2c(=O)[nH][nH]c(=O)c2cc1Cl. The van der Waals surface area contributed by atoms with E-state index in [1.165, 1.54) is 0 Å². The summed E-state index contributed by atoms with van der Waals surface area (Å²) >= 11 is 5.50. The van der Waals surface area contributed by atoms with Crippen molar-refractivity contribution in [2.24, 2.45) is 0 Å². The van der Waals surface area contributed by atoms with Gasteiger partial charge in [-0.3, -0.25) is 24.6 Å². The third kappa shape index (κ3) is 1.16. The van der Waals surface area contributed by atoms with Gasteiger partial charge in [0, 0.05) is 0 Å². The molecule has 0 amide bonds. The Morgan fingerprint density at radius 1 is 1.00 bits per heavy atom. The van der Waals surface area contributed by atoms with Crippen molar-refractivity contribution in [1.82, 2.24) is 15.2 Å². The van der Waals surface area contributed by atoms with E-state index in [-0.39, 0.29) is 15.9 Å². The average molecular weight is 214 g/mol. The molecule has 0 spiro atoms. The molecule has 6 nitrogen and oxygen atoms in total. The van der Waals surface area contributed by atoms with E-state index in [0.29, 0.717) is 0 Å². The zero-order chi connectivity index (χ0) is 10.3. The van der Waals surface area contributed by atoms with Crippen molar-refractivity contribution in [2.75, 3.05) is 0 Å². The van der Waals surface area contributed by atoms with Gasteiger partial charge in [0.2, 0.25) is 0 Å². The first-order valence-corrected chi connectivity index (χ1v) is 4.01. The quantitative estimate of drug-likeness (QED) is 0.553. The van der Waals surface area contributed by atoms with Gasteiger partial charge in [0.15, 0.2) is 0 Å². The third-order valence-electron chi connectivity index (χ3n) is 1.76. The molecule has 2 rings (SSSR count). The lowest BCUT2D eigenvalue weighted by Gasteiger charge is -1.95. The molecule has 14 heavy (non-hydrogen) atoms. The molecule has 2 aromatic heterocycles. The first-order valence-electron chi connectivity index (χ1n) is 3.63. The molecule has 0 saturated heterocycles. The molecule has 0 bridgehead atoms. The van der Waals surface area contributed by atoms with Gasteiger partial charge in [0.1, 0.15) is 10.5 Å². The minimum atomic E-state index is -0.602. The predicted octanol–water partition coefficient (Wildman–Crippen LogP) is -0.442. The minimum absolute atomic E-state index is 0.0540. The molecule has 0 aliphatic carbocycles. The van der Waals surface area contributed by atoms with Crippen molar-refractivity contribution in [3.63, 3.8) is 0 Å². The van der Waals surface area contributed by atoms with Crippen LogP contribution in [0.3, 0.4) is 0 Å². The maximum absolute atomic E-state index is 11.2. The number of H-pyrrole nitrogens is 3. The molecule has 0 fully saturated rings. The Hall–Kier alpha value is -1.82. The van der Waals surface area contributed by atoms with Gasteiger partial charge in [-0.1, -0.05) is 11.6 Å². The van der Waals surface area contributed by atoms with Gasteiger partial charge in [0.25, 0.3) is 16.7 Å². The highest BCUT2D eigenvalue weighted by Gasteiger charge is 2.06. The molecular weight excluding hydrogens is 210 g/mol. The first kappa shape index (κ1) is 8.76. The average Bonchev–Trinajstić information content (AvgIpc) is 2.15. The summed E-state index contributed by atoms with van der Waals surface area (Å²) in [5, 5.41) is 4.12. The fourth-order valence-electron chi connectivity index (χ4n) is 1.11. The molecule has 2 aromatic rings. The molecule has 0 unspecified atom stereocenters. The van der Waals surface area contributed by atoms with Crippen LogP contribution in [-0.2, 0) is 0 Å². The van der Waals surface area contributed by atoms with E-state index < -0.39 is 16.7 Å². The van der Waals surface area contributed by atoms with Crippen LogP contribution in [0.25, 0.3) is 10.9 Å². The van der Waals surface area contributed by atoms with Gasteiger partial charge in [-0.2, -0.15) is 0 Å². The summed E-state index contributed by atoms with van der Waals surface area (Å²) in [6.07, 6.45) is 0. The van der Waals surface area contributed by atoms with Crippen LogP contribution in [0.4, 0.5) is 0 Å². The number of fused-ring (bicyclic) bond motifs is 1. The van der Waals surface area contributed by atoms with Gasteiger partial charge in [-0.25, -0.2) is 0 Å². The second-order valence-corrected chi connectivity index (χ2v) is 3.05. The van der Waals surface area contributed by atoms with Crippen molar-refractivity contribution in [1.29, 1.82) is 0 Å². The summed E-state index contributed by atoms with van der Waals surface area (Å²) in [4.78, 5) is 35.6. The Kier molecular flexibility index (Phi) is 1.78. The largest absolute Gasteiger partial charge is 0.316 e.